The molecule has 0 aliphatic heterocycles. The molecule has 1 aromatic carbocycles. The number of para-hydroxylation sites is 1. The highest BCUT2D eigenvalue weighted by Gasteiger charge is 2.03. The molecular weight excluding hydrogens is 329 g/mol. The first-order valence-electron chi connectivity index (χ1n) is 5.32. The van der Waals surface area contributed by atoms with Crippen LogP contribution in [0.25, 0.3) is 0 Å². The van der Waals surface area contributed by atoms with Crippen molar-refractivity contribution in [2.45, 2.75) is 6.92 Å². The normalized spacial score (nSPS) is 10.0. The van der Waals surface area contributed by atoms with E-state index in [1.54, 1.807) is 0 Å². The number of nitrogens with zero attached hydrogens (tertiary/aromatic N) is 1. The highest BCUT2D eigenvalue weighted by atomic mass is 127. The maximum absolute atomic E-state index is 5.70. The monoisotopic (exact) mass is 341 g/mol. The van der Waals surface area contributed by atoms with E-state index in [9.17, 15) is 0 Å². The summed E-state index contributed by atoms with van der Waals surface area (Å²) in [6.45, 7) is 2.52. The first kappa shape index (κ1) is 12.2. The lowest BCUT2D eigenvalue weighted by molar-refractivity contribution is 0.321. The fourth-order valence-electron chi connectivity index (χ4n) is 1.32. The highest BCUT2D eigenvalue weighted by Crippen LogP contribution is 2.25. The Bertz CT molecular complexity index is 502. The summed E-state index contributed by atoms with van der Waals surface area (Å²) in [5.74, 6) is 1.92. The van der Waals surface area contributed by atoms with Crippen LogP contribution in [0.2, 0.25) is 0 Å². The van der Waals surface area contributed by atoms with Crippen molar-refractivity contribution in [1.82, 2.24) is 4.98 Å². The van der Waals surface area contributed by atoms with Gasteiger partial charge in [-0.3, -0.25) is 0 Å². The maximum Gasteiger partial charge on any atom is 0.222 e. The lowest BCUT2D eigenvalue weighted by atomic mass is 10.3. The summed E-state index contributed by atoms with van der Waals surface area (Å²) in [5, 5.41) is 0. The Morgan fingerprint density at radius 2 is 1.82 bits per heavy atom. The molecule has 0 unspecified atom stereocenters. The molecule has 0 N–H and O–H groups in total. The summed E-state index contributed by atoms with van der Waals surface area (Å²) in [4.78, 5) is 4.25. The summed E-state index contributed by atoms with van der Waals surface area (Å²) in [6.07, 6.45) is 0. The van der Waals surface area contributed by atoms with Gasteiger partial charge in [0.05, 0.1) is 10.2 Å². The Labute approximate surface area is 114 Å². The molecule has 2 aromatic rings. The lowest BCUT2D eigenvalue weighted by Gasteiger charge is -2.08. The number of halogens is 1. The van der Waals surface area contributed by atoms with Crippen LogP contribution in [0, 0.1) is 3.57 Å². The Balaban J connectivity index is 2.18. The summed E-state index contributed by atoms with van der Waals surface area (Å²) in [7, 11) is 0. The van der Waals surface area contributed by atoms with Crippen LogP contribution in [0.15, 0.2) is 42.5 Å². The molecule has 0 saturated heterocycles. The molecule has 88 valence electrons. The van der Waals surface area contributed by atoms with E-state index in [1.165, 1.54) is 0 Å². The Morgan fingerprint density at radius 1 is 1.06 bits per heavy atom. The number of benzene rings is 1. The lowest BCUT2D eigenvalue weighted by Crippen LogP contribution is -1.96. The summed E-state index contributed by atoms with van der Waals surface area (Å²) >= 11 is 2.23. The van der Waals surface area contributed by atoms with Crippen LogP contribution in [-0.4, -0.2) is 11.6 Å². The highest BCUT2D eigenvalue weighted by molar-refractivity contribution is 14.1. The van der Waals surface area contributed by atoms with Crippen molar-refractivity contribution in [3.05, 3.63) is 46.0 Å². The van der Waals surface area contributed by atoms with Crippen molar-refractivity contribution >= 4 is 22.6 Å². The van der Waals surface area contributed by atoms with Crippen LogP contribution in [-0.2, 0) is 0 Å². The second-order valence-corrected chi connectivity index (χ2v) is 4.44. The van der Waals surface area contributed by atoms with Crippen molar-refractivity contribution in [1.29, 1.82) is 0 Å². The fraction of sp³-hybridized carbons (Fsp3) is 0.154. The van der Waals surface area contributed by atoms with Gasteiger partial charge in [-0.1, -0.05) is 18.2 Å². The van der Waals surface area contributed by atoms with Crippen LogP contribution < -0.4 is 9.47 Å². The quantitative estimate of drug-likeness (QED) is 0.791. The van der Waals surface area contributed by atoms with Crippen LogP contribution >= 0.6 is 22.6 Å². The number of hydrogen-bond donors (Lipinski definition) is 0. The van der Waals surface area contributed by atoms with Crippen molar-refractivity contribution in [2.24, 2.45) is 0 Å². The SMILES string of the molecule is CCOc1cccc(Oc2ccccc2I)n1. The van der Waals surface area contributed by atoms with Gasteiger partial charge in [0.2, 0.25) is 11.8 Å². The van der Waals surface area contributed by atoms with Crippen molar-refractivity contribution in [3.63, 3.8) is 0 Å². The van der Waals surface area contributed by atoms with Crippen LogP contribution in [0.3, 0.4) is 0 Å². The zero-order valence-corrected chi connectivity index (χ0v) is 11.5. The molecule has 1 heterocycles. The number of rotatable bonds is 4. The molecule has 0 aliphatic rings. The summed E-state index contributed by atoms with van der Waals surface area (Å²) in [6, 6.07) is 13.3. The summed E-state index contributed by atoms with van der Waals surface area (Å²) in [5.41, 5.74) is 0. The molecule has 3 nitrogen and oxygen atoms in total. The average molecular weight is 341 g/mol. The molecule has 0 bridgehead atoms. The van der Waals surface area contributed by atoms with E-state index in [4.69, 9.17) is 9.47 Å². The minimum Gasteiger partial charge on any atom is -0.478 e. The Kier molecular flexibility index (Phi) is 4.19. The molecular formula is C13H12INO2. The van der Waals surface area contributed by atoms with E-state index in [2.05, 4.69) is 27.6 Å². The Morgan fingerprint density at radius 3 is 2.59 bits per heavy atom. The number of pyridine rings is 1. The van der Waals surface area contributed by atoms with E-state index in [0.717, 1.165) is 9.32 Å². The van der Waals surface area contributed by atoms with E-state index in [-0.39, 0.29) is 0 Å². The van der Waals surface area contributed by atoms with Gasteiger partial charge in [0.15, 0.2) is 0 Å². The smallest absolute Gasteiger partial charge is 0.222 e. The maximum atomic E-state index is 5.70. The van der Waals surface area contributed by atoms with Gasteiger partial charge in [0.25, 0.3) is 0 Å². The van der Waals surface area contributed by atoms with Gasteiger partial charge in [-0.25, -0.2) is 0 Å². The number of hydrogen-bond acceptors (Lipinski definition) is 3. The van der Waals surface area contributed by atoms with Crippen molar-refractivity contribution < 1.29 is 9.47 Å². The molecule has 0 fully saturated rings. The van der Waals surface area contributed by atoms with Gasteiger partial charge in [0, 0.05) is 12.1 Å². The average Bonchev–Trinajstić information content (AvgIpc) is 2.33. The van der Waals surface area contributed by atoms with Crippen molar-refractivity contribution in [2.75, 3.05) is 6.61 Å². The molecule has 0 saturated carbocycles. The van der Waals surface area contributed by atoms with Gasteiger partial charge < -0.3 is 9.47 Å². The van der Waals surface area contributed by atoms with Gasteiger partial charge in [0.1, 0.15) is 5.75 Å². The van der Waals surface area contributed by atoms with Gasteiger partial charge in [-0.05, 0) is 41.6 Å². The molecule has 0 aliphatic carbocycles. The van der Waals surface area contributed by atoms with Gasteiger partial charge in [-0.15, -0.1) is 0 Å². The molecule has 0 spiro atoms. The van der Waals surface area contributed by atoms with E-state index < -0.39 is 0 Å². The van der Waals surface area contributed by atoms with Crippen LogP contribution in [0.5, 0.6) is 17.5 Å². The predicted octanol–water partition coefficient (Wildman–Crippen LogP) is 3.88. The van der Waals surface area contributed by atoms with Gasteiger partial charge in [-0.2, -0.15) is 4.98 Å². The second kappa shape index (κ2) is 5.86. The topological polar surface area (TPSA) is 31.4 Å². The third kappa shape index (κ3) is 3.33. The van der Waals surface area contributed by atoms with E-state index in [0.29, 0.717) is 18.4 Å². The zero-order valence-electron chi connectivity index (χ0n) is 9.39. The van der Waals surface area contributed by atoms with Crippen LogP contribution in [0.4, 0.5) is 0 Å². The number of ether oxygens (including phenoxy) is 2. The van der Waals surface area contributed by atoms with E-state index in [1.807, 2.05) is 49.4 Å². The fourth-order valence-corrected chi connectivity index (χ4v) is 1.82. The number of aromatic nitrogens is 1. The molecule has 0 atom stereocenters. The summed E-state index contributed by atoms with van der Waals surface area (Å²) < 4.78 is 12.1. The van der Waals surface area contributed by atoms with Gasteiger partial charge >= 0.3 is 0 Å². The molecule has 1 aromatic heterocycles. The molecule has 2 rings (SSSR count). The molecule has 0 amide bonds. The van der Waals surface area contributed by atoms with Crippen LogP contribution in [0.1, 0.15) is 6.92 Å². The van der Waals surface area contributed by atoms with E-state index >= 15 is 0 Å². The molecule has 0 radical (unpaired) electrons. The largest absolute Gasteiger partial charge is 0.478 e. The first-order chi connectivity index (χ1) is 8.29. The minimum atomic E-state index is 0.542. The third-order valence-corrected chi connectivity index (χ3v) is 2.93. The predicted molar refractivity (Wildman–Crippen MR) is 74.6 cm³/mol. The minimum absolute atomic E-state index is 0.542. The Hall–Kier alpha value is -1.30. The molecule has 4 heteroatoms. The third-order valence-electron chi connectivity index (χ3n) is 2.04. The zero-order chi connectivity index (χ0) is 12.1. The second-order valence-electron chi connectivity index (χ2n) is 3.28. The first-order valence-corrected chi connectivity index (χ1v) is 6.39. The molecule has 17 heavy (non-hydrogen) atoms. The standard InChI is InChI=1S/C13H12INO2/c1-2-16-12-8-5-9-13(15-12)17-11-7-4-3-6-10(11)14/h3-9H,2H2,1H3. The van der Waals surface area contributed by atoms with Crippen molar-refractivity contribution in [3.8, 4) is 17.5 Å².